The van der Waals surface area contributed by atoms with Crippen molar-refractivity contribution >= 4 is 5.78 Å². The summed E-state index contributed by atoms with van der Waals surface area (Å²) >= 11 is 0. The maximum atomic E-state index is 12.1. The minimum Gasteiger partial charge on any atom is -0.381 e. The Balaban J connectivity index is 1.98. The molecule has 0 unspecified atom stereocenters. The fourth-order valence-corrected chi connectivity index (χ4v) is 6.07. The van der Waals surface area contributed by atoms with Crippen molar-refractivity contribution in [2.24, 2.45) is 22.2 Å². The quantitative estimate of drug-likeness (QED) is 0.718. The molecule has 1 radical (unpaired) electrons. The molecule has 0 heterocycles. The van der Waals surface area contributed by atoms with Crippen molar-refractivity contribution in [3.8, 4) is 0 Å². The number of Topliss-reactive ketones (excluding diaryl/α,β-unsaturated/α-hetero) is 1. The summed E-state index contributed by atoms with van der Waals surface area (Å²) in [5.41, 5.74) is 0.651. The van der Waals surface area contributed by atoms with Gasteiger partial charge in [0.25, 0.3) is 0 Å². The third-order valence-electron chi connectivity index (χ3n) is 7.07. The van der Waals surface area contributed by atoms with E-state index in [1.165, 1.54) is 19.3 Å². The highest BCUT2D eigenvalue weighted by atomic mass is 16.5. The number of ketones is 1. The van der Waals surface area contributed by atoms with Gasteiger partial charge in [-0.05, 0) is 53.8 Å². The Morgan fingerprint density at radius 1 is 1.15 bits per heavy atom. The third-order valence-corrected chi connectivity index (χ3v) is 7.07. The number of ether oxygens (including phenoxy) is 1. The normalized spacial score (nSPS) is 48.0. The van der Waals surface area contributed by atoms with Crippen LogP contribution in [0.4, 0.5) is 0 Å². The molecule has 0 N–H and O–H groups in total. The SMILES string of the molecule is CO[C@H]1CC[C@@]2(C)[C](CC[C@]3(C)CC(=O)C[C@H]32)C1(C)C. The lowest BCUT2D eigenvalue weighted by Crippen LogP contribution is -2.56. The van der Waals surface area contributed by atoms with E-state index in [1.807, 2.05) is 7.11 Å². The summed E-state index contributed by atoms with van der Waals surface area (Å²) < 4.78 is 5.77. The maximum Gasteiger partial charge on any atom is 0.133 e. The molecule has 2 nitrogen and oxygen atoms in total. The van der Waals surface area contributed by atoms with Crippen molar-refractivity contribution in [2.45, 2.75) is 72.3 Å². The molecule has 113 valence electrons. The lowest BCUT2D eigenvalue weighted by molar-refractivity contribution is -0.118. The van der Waals surface area contributed by atoms with Crippen LogP contribution in [0.15, 0.2) is 0 Å². The summed E-state index contributed by atoms with van der Waals surface area (Å²) in [4.78, 5) is 12.1. The van der Waals surface area contributed by atoms with Crippen LogP contribution in [0.2, 0.25) is 0 Å². The minimum absolute atomic E-state index is 0.148. The van der Waals surface area contributed by atoms with E-state index in [0.29, 0.717) is 17.8 Å². The van der Waals surface area contributed by atoms with Gasteiger partial charge in [0.15, 0.2) is 0 Å². The molecule has 0 aromatic rings. The molecule has 2 heteroatoms. The Bertz CT molecular complexity index is 427. The fourth-order valence-electron chi connectivity index (χ4n) is 6.07. The van der Waals surface area contributed by atoms with Gasteiger partial charge in [-0.15, -0.1) is 0 Å². The summed E-state index contributed by atoms with van der Waals surface area (Å²) in [7, 11) is 1.85. The molecular weight excluding hydrogens is 248 g/mol. The summed E-state index contributed by atoms with van der Waals surface area (Å²) in [5, 5.41) is 0. The molecule has 3 aliphatic carbocycles. The second-order valence-electron chi connectivity index (χ2n) is 8.51. The fraction of sp³-hybridized carbons (Fsp3) is 0.889. The summed E-state index contributed by atoms with van der Waals surface area (Å²) in [6.07, 6.45) is 6.66. The third kappa shape index (κ3) is 1.76. The predicted molar refractivity (Wildman–Crippen MR) is 80.2 cm³/mol. The van der Waals surface area contributed by atoms with Crippen LogP contribution in [0.5, 0.6) is 0 Å². The first-order valence-electron chi connectivity index (χ1n) is 8.15. The highest BCUT2D eigenvalue weighted by Gasteiger charge is 2.63. The van der Waals surface area contributed by atoms with E-state index in [4.69, 9.17) is 4.74 Å². The lowest BCUT2D eigenvalue weighted by Gasteiger charge is -2.62. The van der Waals surface area contributed by atoms with Crippen molar-refractivity contribution < 1.29 is 9.53 Å². The highest BCUT2D eigenvalue weighted by Crippen LogP contribution is 2.68. The number of methoxy groups -OCH3 is 1. The van der Waals surface area contributed by atoms with Gasteiger partial charge in [0, 0.05) is 20.0 Å². The molecule has 0 aliphatic heterocycles. The van der Waals surface area contributed by atoms with E-state index in [0.717, 1.165) is 19.3 Å². The molecule has 20 heavy (non-hydrogen) atoms. The van der Waals surface area contributed by atoms with E-state index >= 15 is 0 Å². The van der Waals surface area contributed by atoms with Crippen LogP contribution in [-0.2, 0) is 9.53 Å². The average molecular weight is 277 g/mol. The first-order chi connectivity index (χ1) is 9.24. The van der Waals surface area contributed by atoms with Crippen LogP contribution in [0, 0.1) is 28.1 Å². The molecule has 3 fully saturated rings. The molecule has 4 atom stereocenters. The average Bonchev–Trinajstić information content (AvgIpc) is 2.65. The van der Waals surface area contributed by atoms with E-state index in [1.54, 1.807) is 5.92 Å². The number of rotatable bonds is 1. The van der Waals surface area contributed by atoms with Crippen LogP contribution in [0.25, 0.3) is 0 Å². The predicted octanol–water partition coefficient (Wildman–Crippen LogP) is 4.18. The second kappa shape index (κ2) is 4.32. The smallest absolute Gasteiger partial charge is 0.133 e. The number of fused-ring (bicyclic) bond motifs is 3. The topological polar surface area (TPSA) is 26.3 Å². The molecule has 0 amide bonds. The number of hydrogen-bond acceptors (Lipinski definition) is 2. The van der Waals surface area contributed by atoms with Crippen LogP contribution in [0.1, 0.15) is 66.2 Å². The Morgan fingerprint density at radius 3 is 2.50 bits per heavy atom. The monoisotopic (exact) mass is 277 g/mol. The Morgan fingerprint density at radius 2 is 1.85 bits per heavy atom. The van der Waals surface area contributed by atoms with Gasteiger partial charge in [0.2, 0.25) is 0 Å². The second-order valence-corrected chi connectivity index (χ2v) is 8.51. The van der Waals surface area contributed by atoms with Crippen molar-refractivity contribution in [2.75, 3.05) is 7.11 Å². The number of carbonyl (C=O) groups is 1. The van der Waals surface area contributed by atoms with Crippen LogP contribution in [0.3, 0.4) is 0 Å². The summed E-state index contributed by atoms with van der Waals surface area (Å²) in [6.45, 7) is 9.51. The Kier molecular flexibility index (Phi) is 3.14. The van der Waals surface area contributed by atoms with Crippen molar-refractivity contribution in [1.29, 1.82) is 0 Å². The van der Waals surface area contributed by atoms with E-state index < -0.39 is 0 Å². The van der Waals surface area contributed by atoms with Gasteiger partial charge < -0.3 is 4.74 Å². The van der Waals surface area contributed by atoms with Gasteiger partial charge in [-0.25, -0.2) is 0 Å². The first kappa shape index (κ1) is 14.6. The maximum absolute atomic E-state index is 12.1. The summed E-state index contributed by atoms with van der Waals surface area (Å²) in [5.74, 6) is 2.73. The highest BCUT2D eigenvalue weighted by molar-refractivity contribution is 5.82. The first-order valence-corrected chi connectivity index (χ1v) is 8.15. The van der Waals surface area contributed by atoms with E-state index in [-0.39, 0.29) is 16.2 Å². The zero-order valence-corrected chi connectivity index (χ0v) is 13.7. The molecule has 3 rings (SSSR count). The molecule has 0 saturated heterocycles. The standard InChI is InChI=1S/C18H29O2/c1-16(2)13-6-8-17(3)11-12(19)10-14(17)18(13,4)9-7-15(16)20-5/h14-15H,6-11H2,1-5H3/t14-,15+,17-,18+/m1/s1. The van der Waals surface area contributed by atoms with Gasteiger partial charge in [-0.3, -0.25) is 4.79 Å². The van der Waals surface area contributed by atoms with Crippen LogP contribution < -0.4 is 0 Å². The van der Waals surface area contributed by atoms with Crippen LogP contribution in [-0.4, -0.2) is 19.0 Å². The van der Waals surface area contributed by atoms with Crippen molar-refractivity contribution in [1.82, 2.24) is 0 Å². The Hall–Kier alpha value is -0.370. The molecule has 3 aliphatic rings. The molecular formula is C18H29O2. The minimum atomic E-state index is 0.148. The van der Waals surface area contributed by atoms with E-state index in [2.05, 4.69) is 27.7 Å². The molecule has 0 bridgehead atoms. The van der Waals surface area contributed by atoms with E-state index in [9.17, 15) is 4.79 Å². The zero-order chi connectivity index (χ0) is 14.8. The zero-order valence-electron chi connectivity index (χ0n) is 13.7. The number of hydrogen-bond donors (Lipinski definition) is 0. The number of carbonyl (C=O) groups excluding carboxylic acids is 1. The van der Waals surface area contributed by atoms with Gasteiger partial charge >= 0.3 is 0 Å². The Labute approximate surface area is 123 Å². The van der Waals surface area contributed by atoms with Gasteiger partial charge in [0.1, 0.15) is 5.78 Å². The molecule has 0 aromatic carbocycles. The lowest BCUT2D eigenvalue weighted by atomic mass is 9.43. The van der Waals surface area contributed by atoms with Gasteiger partial charge in [-0.1, -0.05) is 27.7 Å². The van der Waals surface area contributed by atoms with Crippen molar-refractivity contribution in [3.05, 3.63) is 5.92 Å². The van der Waals surface area contributed by atoms with Crippen LogP contribution >= 0.6 is 0 Å². The molecule has 3 saturated carbocycles. The summed E-state index contributed by atoms with van der Waals surface area (Å²) in [6, 6.07) is 0. The largest absolute Gasteiger partial charge is 0.381 e. The van der Waals surface area contributed by atoms with Crippen molar-refractivity contribution in [3.63, 3.8) is 0 Å². The molecule has 0 aromatic heterocycles. The van der Waals surface area contributed by atoms with Gasteiger partial charge in [-0.2, -0.15) is 0 Å². The van der Waals surface area contributed by atoms with Gasteiger partial charge in [0.05, 0.1) is 6.10 Å². The molecule has 0 spiro atoms.